The SMILES string of the molecule is O=C(CCC(=O)Nc1ccc(Cl)cc1Cl)N/N=C/c1ccc(/C=N/NC(=O)CCC(=O)Nc2ccc(Cl)cc2Cl)cc1. The lowest BCUT2D eigenvalue weighted by molar-refractivity contribution is -0.124. The van der Waals surface area contributed by atoms with Crippen LogP contribution in [0.4, 0.5) is 11.4 Å². The zero-order valence-corrected chi connectivity index (χ0v) is 24.8. The number of rotatable bonds is 12. The molecule has 14 heteroatoms. The number of benzene rings is 3. The normalized spacial score (nSPS) is 11.0. The van der Waals surface area contributed by atoms with Gasteiger partial charge in [-0.1, -0.05) is 70.7 Å². The van der Waals surface area contributed by atoms with E-state index in [4.69, 9.17) is 46.4 Å². The lowest BCUT2D eigenvalue weighted by Crippen LogP contribution is -2.20. The van der Waals surface area contributed by atoms with Crippen molar-refractivity contribution in [2.24, 2.45) is 10.2 Å². The average molecular weight is 650 g/mol. The maximum absolute atomic E-state index is 12.1. The molecule has 0 saturated carbocycles. The topological polar surface area (TPSA) is 141 Å². The van der Waals surface area contributed by atoms with E-state index in [9.17, 15) is 19.2 Å². The summed E-state index contributed by atoms with van der Waals surface area (Å²) in [7, 11) is 0. The Labute approximate surface area is 261 Å². The van der Waals surface area contributed by atoms with Crippen LogP contribution in [0.15, 0.2) is 70.9 Å². The van der Waals surface area contributed by atoms with Gasteiger partial charge in [-0.05, 0) is 47.5 Å². The van der Waals surface area contributed by atoms with Gasteiger partial charge in [-0.25, -0.2) is 10.9 Å². The summed E-state index contributed by atoms with van der Waals surface area (Å²) in [4.78, 5) is 48.1. The molecular weight excluding hydrogens is 626 g/mol. The van der Waals surface area contributed by atoms with Crippen molar-refractivity contribution in [1.82, 2.24) is 10.9 Å². The molecule has 0 aromatic heterocycles. The molecule has 0 saturated heterocycles. The Bertz CT molecular complexity index is 1400. The van der Waals surface area contributed by atoms with E-state index in [0.29, 0.717) is 42.6 Å². The Kier molecular flexibility index (Phi) is 12.8. The number of nitrogens with one attached hydrogen (secondary N) is 4. The Balaban J connectivity index is 1.33. The van der Waals surface area contributed by atoms with E-state index in [0.717, 1.165) is 0 Å². The number of halogens is 4. The van der Waals surface area contributed by atoms with Gasteiger partial charge in [0.1, 0.15) is 0 Å². The molecule has 10 nitrogen and oxygen atoms in total. The fourth-order valence-electron chi connectivity index (χ4n) is 3.20. The number of anilines is 2. The summed E-state index contributed by atoms with van der Waals surface area (Å²) in [5.41, 5.74) is 6.92. The van der Waals surface area contributed by atoms with Crippen LogP contribution in [-0.2, 0) is 19.2 Å². The van der Waals surface area contributed by atoms with Crippen LogP contribution < -0.4 is 21.5 Å². The fourth-order valence-corrected chi connectivity index (χ4v) is 4.11. The maximum Gasteiger partial charge on any atom is 0.240 e. The van der Waals surface area contributed by atoms with E-state index in [-0.39, 0.29) is 37.5 Å². The van der Waals surface area contributed by atoms with Crippen LogP contribution in [0.25, 0.3) is 0 Å². The first kappa shape index (κ1) is 32.6. The van der Waals surface area contributed by atoms with Gasteiger partial charge in [0, 0.05) is 35.7 Å². The third kappa shape index (κ3) is 11.5. The minimum Gasteiger partial charge on any atom is -0.325 e. The molecule has 0 fully saturated rings. The number of hydrazone groups is 2. The van der Waals surface area contributed by atoms with Crippen LogP contribution >= 0.6 is 46.4 Å². The van der Waals surface area contributed by atoms with Crippen molar-refractivity contribution in [3.63, 3.8) is 0 Å². The largest absolute Gasteiger partial charge is 0.325 e. The van der Waals surface area contributed by atoms with Crippen molar-refractivity contribution in [2.45, 2.75) is 25.7 Å². The molecule has 3 aromatic rings. The van der Waals surface area contributed by atoms with Crippen LogP contribution in [0.5, 0.6) is 0 Å². The number of carbonyl (C=O) groups is 4. The number of amides is 4. The average Bonchev–Trinajstić information content (AvgIpc) is 2.95. The van der Waals surface area contributed by atoms with Gasteiger partial charge >= 0.3 is 0 Å². The summed E-state index contributed by atoms with van der Waals surface area (Å²) in [6.45, 7) is 0. The van der Waals surface area contributed by atoms with Crippen LogP contribution in [0.3, 0.4) is 0 Å². The van der Waals surface area contributed by atoms with Crippen molar-refractivity contribution in [3.05, 3.63) is 91.9 Å². The van der Waals surface area contributed by atoms with E-state index in [1.807, 2.05) is 0 Å². The third-order valence-electron chi connectivity index (χ3n) is 5.31. The molecular formula is C28H24Cl4N6O4. The summed E-state index contributed by atoms with van der Waals surface area (Å²) in [6, 6.07) is 16.3. The standard InChI is InChI=1S/C28H24Cl4N6O4/c29-19-5-7-23(21(31)13-19)35-25(39)9-11-27(41)37-33-15-17-1-2-18(4-3-17)16-34-38-28(42)12-10-26(40)36-24-8-6-20(30)14-22(24)32/h1-8,13-16H,9-12H2,(H,35,39)(H,36,40)(H,37,41)(H,38,42)/b33-15+,34-16+. The second-order valence-electron chi connectivity index (χ2n) is 8.60. The third-order valence-corrected chi connectivity index (χ3v) is 6.41. The lowest BCUT2D eigenvalue weighted by Gasteiger charge is -2.07. The van der Waals surface area contributed by atoms with Crippen LogP contribution in [0.2, 0.25) is 20.1 Å². The van der Waals surface area contributed by atoms with E-state index in [2.05, 4.69) is 31.7 Å². The van der Waals surface area contributed by atoms with E-state index >= 15 is 0 Å². The fraction of sp³-hybridized carbons (Fsp3) is 0.143. The van der Waals surface area contributed by atoms with E-state index in [1.165, 1.54) is 24.6 Å². The molecule has 4 amide bonds. The molecule has 3 rings (SSSR count). The molecule has 0 aliphatic heterocycles. The molecule has 0 unspecified atom stereocenters. The molecule has 0 atom stereocenters. The summed E-state index contributed by atoms with van der Waals surface area (Å²) in [6.07, 6.45) is 2.62. The van der Waals surface area contributed by atoms with Crippen LogP contribution in [-0.4, -0.2) is 36.1 Å². The van der Waals surface area contributed by atoms with Gasteiger partial charge in [0.2, 0.25) is 23.6 Å². The minimum absolute atomic E-state index is 0.0592. The van der Waals surface area contributed by atoms with Crippen LogP contribution in [0.1, 0.15) is 36.8 Å². The molecule has 0 bridgehead atoms. The molecule has 218 valence electrons. The predicted octanol–water partition coefficient (Wildman–Crippen LogP) is 6.04. The Hall–Kier alpha value is -3.96. The van der Waals surface area contributed by atoms with E-state index < -0.39 is 11.8 Å². The highest BCUT2D eigenvalue weighted by molar-refractivity contribution is 6.37. The summed E-state index contributed by atoms with van der Waals surface area (Å²) in [5.74, 6) is -1.63. The Morgan fingerprint density at radius 3 is 1.26 bits per heavy atom. The number of hydrogen-bond donors (Lipinski definition) is 4. The first-order chi connectivity index (χ1) is 20.1. The maximum atomic E-state index is 12.1. The second-order valence-corrected chi connectivity index (χ2v) is 10.3. The number of carbonyl (C=O) groups excluding carboxylic acids is 4. The van der Waals surface area contributed by atoms with Gasteiger partial charge in [-0.15, -0.1) is 0 Å². The zero-order valence-electron chi connectivity index (χ0n) is 21.8. The van der Waals surface area contributed by atoms with Gasteiger partial charge in [0.15, 0.2) is 0 Å². The van der Waals surface area contributed by atoms with Gasteiger partial charge < -0.3 is 10.6 Å². The minimum atomic E-state index is -0.436. The second kappa shape index (κ2) is 16.5. The van der Waals surface area contributed by atoms with Crippen molar-refractivity contribution in [2.75, 3.05) is 10.6 Å². The number of nitrogens with zero attached hydrogens (tertiary/aromatic N) is 2. The first-order valence-electron chi connectivity index (χ1n) is 12.3. The van der Waals surface area contributed by atoms with Crippen LogP contribution in [0, 0.1) is 0 Å². The molecule has 4 N–H and O–H groups in total. The van der Waals surface area contributed by atoms with Gasteiger partial charge in [0.05, 0.1) is 33.8 Å². The molecule has 0 radical (unpaired) electrons. The van der Waals surface area contributed by atoms with Gasteiger partial charge in [0.25, 0.3) is 0 Å². The number of hydrogen-bond acceptors (Lipinski definition) is 6. The highest BCUT2D eigenvalue weighted by atomic mass is 35.5. The van der Waals surface area contributed by atoms with Crippen molar-refractivity contribution < 1.29 is 19.2 Å². The first-order valence-corrected chi connectivity index (χ1v) is 13.8. The molecule has 0 aliphatic rings. The summed E-state index contributed by atoms with van der Waals surface area (Å²) in [5, 5.41) is 14.5. The molecule has 0 heterocycles. The molecule has 0 spiro atoms. The smallest absolute Gasteiger partial charge is 0.240 e. The lowest BCUT2D eigenvalue weighted by atomic mass is 10.2. The van der Waals surface area contributed by atoms with E-state index in [1.54, 1.807) is 48.5 Å². The van der Waals surface area contributed by atoms with Gasteiger partial charge in [-0.3, -0.25) is 19.2 Å². The monoisotopic (exact) mass is 648 g/mol. The molecule has 42 heavy (non-hydrogen) atoms. The van der Waals surface area contributed by atoms with Gasteiger partial charge in [-0.2, -0.15) is 10.2 Å². The highest BCUT2D eigenvalue weighted by Crippen LogP contribution is 2.26. The summed E-state index contributed by atoms with van der Waals surface area (Å²) < 4.78 is 0. The van der Waals surface area contributed by atoms with Crippen molar-refractivity contribution in [1.29, 1.82) is 0 Å². The zero-order chi connectivity index (χ0) is 30.5. The Morgan fingerprint density at radius 1 is 0.548 bits per heavy atom. The summed E-state index contributed by atoms with van der Waals surface area (Å²) >= 11 is 23.7. The quantitative estimate of drug-likeness (QED) is 0.140. The predicted molar refractivity (Wildman–Crippen MR) is 167 cm³/mol. The highest BCUT2D eigenvalue weighted by Gasteiger charge is 2.10. The van der Waals surface area contributed by atoms with Crippen molar-refractivity contribution in [3.8, 4) is 0 Å². The molecule has 0 aliphatic carbocycles. The Morgan fingerprint density at radius 2 is 0.905 bits per heavy atom. The van der Waals surface area contributed by atoms with Crippen molar-refractivity contribution >= 4 is 93.8 Å². The molecule has 3 aromatic carbocycles.